The van der Waals surface area contributed by atoms with Gasteiger partial charge in [-0.05, 0) is 0 Å². The van der Waals surface area contributed by atoms with Crippen LogP contribution in [0.2, 0.25) is 0 Å². The smallest absolute Gasteiger partial charge is 0 e. The van der Waals surface area contributed by atoms with Crippen LogP contribution >= 0.6 is 0 Å². The van der Waals surface area contributed by atoms with Crippen LogP contribution in [0.3, 0.4) is 0 Å². The van der Waals surface area contributed by atoms with Crippen molar-refractivity contribution in [2.75, 3.05) is 0 Å². The van der Waals surface area contributed by atoms with Crippen molar-refractivity contribution in [3.63, 3.8) is 0 Å². The van der Waals surface area contributed by atoms with Gasteiger partial charge in [-0.2, -0.15) is 0 Å². The molecule has 0 saturated carbocycles. The van der Waals surface area contributed by atoms with Crippen molar-refractivity contribution < 1.29 is 66.0 Å². The van der Waals surface area contributed by atoms with Crippen molar-refractivity contribution in [1.82, 2.24) is 0 Å². The molecule has 38 valence electrons. The van der Waals surface area contributed by atoms with Crippen LogP contribution in [0.15, 0.2) is 0 Å². The van der Waals surface area contributed by atoms with E-state index in [9.17, 15) is 0 Å². The summed E-state index contributed by atoms with van der Waals surface area (Å²) in [5.74, 6) is 0. The van der Waals surface area contributed by atoms with E-state index in [1.807, 2.05) is 0 Å². The zero-order valence-electron chi connectivity index (χ0n) is 1.98. The Morgan fingerprint density at radius 2 is 0.600 bits per heavy atom. The number of hydrogen-bond acceptors (Lipinski definition) is 0. The van der Waals surface area contributed by atoms with Crippen molar-refractivity contribution in [2.45, 2.75) is 0 Å². The fraction of sp³-hybridized carbons (Fsp3) is 0. The maximum Gasteiger partial charge on any atom is 0 e. The van der Waals surface area contributed by atoms with Crippen LogP contribution in [0.1, 0.15) is 0 Å². The Bertz CT molecular complexity index is 7.61. The topological polar surface area (TPSA) is 57.0 Å². The molecule has 0 aromatic heterocycles. The number of hydrogen-bond donors (Lipinski definition) is 0. The average Bonchev–Trinajstić information content (AvgIpc) is 0. The summed E-state index contributed by atoms with van der Waals surface area (Å²) in [6.07, 6.45) is 0. The molecular formula is Br2O2W-6. The van der Waals surface area contributed by atoms with Gasteiger partial charge in [0.1, 0.15) is 0 Å². The van der Waals surface area contributed by atoms with Gasteiger partial charge in [0.2, 0.25) is 0 Å². The third-order valence-corrected chi connectivity index (χ3v) is 0. The van der Waals surface area contributed by atoms with Crippen LogP contribution in [0.25, 0.3) is 0 Å². The van der Waals surface area contributed by atoms with Gasteiger partial charge in [-0.15, -0.1) is 0 Å². The van der Waals surface area contributed by atoms with Gasteiger partial charge in [0.15, 0.2) is 0 Å². The minimum absolute atomic E-state index is 0. The van der Waals surface area contributed by atoms with E-state index in [1.54, 1.807) is 0 Å². The molecule has 0 bridgehead atoms. The van der Waals surface area contributed by atoms with Crippen LogP contribution in [0, 0.1) is 0 Å². The molecule has 0 aromatic rings. The Hall–Kier alpha value is 1.57. The molecule has 0 aromatic carbocycles. The maximum atomic E-state index is 0. The zero-order chi connectivity index (χ0) is 0. The third kappa shape index (κ3) is 28.8. The quantitative estimate of drug-likeness (QED) is 0.405. The summed E-state index contributed by atoms with van der Waals surface area (Å²) >= 11 is 0. The van der Waals surface area contributed by atoms with Gasteiger partial charge >= 0.3 is 0 Å². The van der Waals surface area contributed by atoms with E-state index < -0.39 is 0 Å². The summed E-state index contributed by atoms with van der Waals surface area (Å²) in [5, 5.41) is 0. The van der Waals surface area contributed by atoms with Crippen LogP contribution in [-0.4, -0.2) is 0 Å². The Morgan fingerprint density at radius 1 is 0.600 bits per heavy atom. The fourth-order valence-electron chi connectivity index (χ4n) is 0. The molecule has 0 aliphatic carbocycles. The van der Waals surface area contributed by atoms with E-state index in [0.29, 0.717) is 0 Å². The molecule has 0 atom stereocenters. The summed E-state index contributed by atoms with van der Waals surface area (Å²) in [7, 11) is 0. The molecule has 2 nitrogen and oxygen atoms in total. The van der Waals surface area contributed by atoms with Gasteiger partial charge < -0.3 is 44.9 Å². The first kappa shape index (κ1) is 82.8. The first-order chi connectivity index (χ1) is 0. The fourth-order valence-corrected chi connectivity index (χ4v) is 0. The second-order valence-corrected chi connectivity index (χ2v) is 0. The predicted octanol–water partition coefficient (Wildman–Crippen LogP) is -6.23. The molecule has 0 N–H and O–H groups in total. The van der Waals surface area contributed by atoms with Crippen molar-refractivity contribution in [3.05, 3.63) is 0 Å². The van der Waals surface area contributed by atoms with Gasteiger partial charge in [-0.25, -0.2) is 0 Å². The van der Waals surface area contributed by atoms with Gasteiger partial charge in [0.25, 0.3) is 0 Å². The SMILES string of the molecule is [Br-].[Br-].[O-2].[O-2].[W]. The Labute approximate surface area is 65.7 Å². The normalized spacial score (nSPS) is 0. The Kier molecular flexibility index (Phi) is 782. The Balaban J connectivity index is 0. The van der Waals surface area contributed by atoms with Crippen LogP contribution in [0.4, 0.5) is 0 Å². The minimum Gasteiger partial charge on any atom is -2.00 e. The Morgan fingerprint density at radius 3 is 0.600 bits per heavy atom. The molecule has 0 amide bonds. The molecule has 0 fully saturated rings. The molecule has 0 spiro atoms. The molecular weight excluding hydrogens is 376 g/mol. The van der Waals surface area contributed by atoms with Gasteiger partial charge in [0.05, 0.1) is 0 Å². The second kappa shape index (κ2) is 47.2. The third-order valence-electron chi connectivity index (χ3n) is 0. The summed E-state index contributed by atoms with van der Waals surface area (Å²) in [6, 6.07) is 0. The maximum absolute atomic E-state index is 0. The zero-order valence-corrected chi connectivity index (χ0v) is 8.09. The van der Waals surface area contributed by atoms with E-state index in [2.05, 4.69) is 0 Å². The van der Waals surface area contributed by atoms with Crippen molar-refractivity contribution in [3.8, 4) is 0 Å². The van der Waals surface area contributed by atoms with Crippen molar-refractivity contribution in [2.24, 2.45) is 0 Å². The monoisotopic (exact) mass is 374 g/mol. The van der Waals surface area contributed by atoms with E-state index in [4.69, 9.17) is 0 Å². The van der Waals surface area contributed by atoms with Crippen molar-refractivity contribution in [1.29, 1.82) is 0 Å². The van der Waals surface area contributed by atoms with E-state index in [-0.39, 0.29) is 66.0 Å². The van der Waals surface area contributed by atoms with E-state index in [0.717, 1.165) is 0 Å². The molecule has 0 radical (unpaired) electrons. The number of halogens is 2. The summed E-state index contributed by atoms with van der Waals surface area (Å²) < 4.78 is 0. The molecule has 0 aliphatic heterocycles. The average molecular weight is 376 g/mol. The van der Waals surface area contributed by atoms with Crippen LogP contribution < -0.4 is 34.0 Å². The first-order valence-electron chi connectivity index (χ1n) is 0. The largest absolute Gasteiger partial charge is 2.00 e. The summed E-state index contributed by atoms with van der Waals surface area (Å²) in [4.78, 5) is 0. The molecule has 0 saturated heterocycles. The summed E-state index contributed by atoms with van der Waals surface area (Å²) in [5.41, 5.74) is 0. The van der Waals surface area contributed by atoms with Crippen LogP contribution in [0.5, 0.6) is 0 Å². The summed E-state index contributed by atoms with van der Waals surface area (Å²) in [6.45, 7) is 0. The molecule has 0 aliphatic rings. The van der Waals surface area contributed by atoms with Gasteiger partial charge in [-0.1, -0.05) is 0 Å². The molecule has 5 heavy (non-hydrogen) atoms. The van der Waals surface area contributed by atoms with E-state index in [1.165, 1.54) is 0 Å². The standard InChI is InChI=1S/2BrH.2O.W/h2*1H;;;/q;;2*-2;/p-2. The molecule has 5 heteroatoms. The predicted molar refractivity (Wildman–Crippen MR) is 1.37 cm³/mol. The molecule has 0 rings (SSSR count). The van der Waals surface area contributed by atoms with Gasteiger partial charge in [0, 0.05) is 21.1 Å². The number of rotatable bonds is 0. The van der Waals surface area contributed by atoms with Gasteiger partial charge in [-0.3, -0.25) is 0 Å². The van der Waals surface area contributed by atoms with Crippen molar-refractivity contribution >= 4 is 0 Å². The van der Waals surface area contributed by atoms with E-state index >= 15 is 0 Å². The second-order valence-electron chi connectivity index (χ2n) is 0. The first-order valence-corrected chi connectivity index (χ1v) is 0. The molecule has 0 heterocycles. The minimum atomic E-state index is 0. The van der Waals surface area contributed by atoms with Crippen LogP contribution in [-0.2, 0) is 32.0 Å². The molecule has 0 unspecified atom stereocenters.